The minimum Gasteiger partial charge on any atom is -0.335 e. The Morgan fingerprint density at radius 2 is 1.92 bits per heavy atom. The van der Waals surface area contributed by atoms with Crippen molar-refractivity contribution in [3.8, 4) is 0 Å². The van der Waals surface area contributed by atoms with Gasteiger partial charge in [0.2, 0.25) is 0 Å². The predicted molar refractivity (Wildman–Crippen MR) is 49.0 cm³/mol. The normalized spacial score (nSPS) is 34.8. The van der Waals surface area contributed by atoms with Crippen LogP contribution in [0.25, 0.3) is 0 Å². The van der Waals surface area contributed by atoms with Crippen LogP contribution in [0.1, 0.15) is 27.7 Å². The van der Waals surface area contributed by atoms with Gasteiger partial charge >= 0.3 is 6.03 Å². The van der Waals surface area contributed by atoms with E-state index in [-0.39, 0.29) is 17.5 Å². The van der Waals surface area contributed by atoms with Crippen molar-refractivity contribution in [3.63, 3.8) is 0 Å². The third-order valence-electron chi connectivity index (χ3n) is 3.43. The van der Waals surface area contributed by atoms with E-state index in [1.54, 1.807) is 4.90 Å². The molecule has 1 aliphatic heterocycles. The zero-order valence-corrected chi connectivity index (χ0v) is 8.51. The van der Waals surface area contributed by atoms with Gasteiger partial charge in [0.15, 0.2) is 0 Å². The van der Waals surface area contributed by atoms with Gasteiger partial charge < -0.3 is 10.2 Å². The van der Waals surface area contributed by atoms with Crippen molar-refractivity contribution in [1.82, 2.24) is 10.2 Å². The van der Waals surface area contributed by atoms with Crippen molar-refractivity contribution in [2.75, 3.05) is 7.05 Å². The molecular weight excluding hydrogens is 152 g/mol. The Balaban J connectivity index is 2.87. The maximum absolute atomic E-state index is 11.3. The number of amides is 2. The highest BCUT2D eigenvalue weighted by Crippen LogP contribution is 2.31. The molecular formula is C9H18N2O. The van der Waals surface area contributed by atoms with E-state index in [2.05, 4.69) is 33.0 Å². The second kappa shape index (κ2) is 2.64. The summed E-state index contributed by atoms with van der Waals surface area (Å²) in [7, 11) is 1.84. The largest absolute Gasteiger partial charge is 0.335 e. The first kappa shape index (κ1) is 9.36. The lowest BCUT2D eigenvalue weighted by atomic mass is 9.77. The Labute approximate surface area is 74.1 Å². The molecule has 0 aliphatic carbocycles. The minimum atomic E-state index is 0.0364. The molecule has 1 N–H and O–H groups in total. The summed E-state index contributed by atoms with van der Waals surface area (Å²) in [5.41, 5.74) is 0.142. The first-order valence-corrected chi connectivity index (χ1v) is 4.40. The molecule has 0 saturated carbocycles. The summed E-state index contributed by atoms with van der Waals surface area (Å²) >= 11 is 0. The van der Waals surface area contributed by atoms with Gasteiger partial charge in [-0.15, -0.1) is 0 Å². The molecule has 1 heterocycles. The van der Waals surface area contributed by atoms with E-state index in [9.17, 15) is 4.79 Å². The number of hydrogen-bond donors (Lipinski definition) is 1. The summed E-state index contributed by atoms with van der Waals surface area (Å²) in [4.78, 5) is 13.1. The molecule has 0 aromatic rings. The maximum Gasteiger partial charge on any atom is 0.317 e. The number of rotatable bonds is 0. The summed E-state index contributed by atoms with van der Waals surface area (Å²) in [6, 6.07) is 0.576. The number of urea groups is 1. The Kier molecular flexibility index (Phi) is 2.06. The second-order valence-corrected chi connectivity index (χ2v) is 4.28. The second-order valence-electron chi connectivity index (χ2n) is 4.28. The van der Waals surface area contributed by atoms with Crippen LogP contribution in [0.4, 0.5) is 4.79 Å². The lowest BCUT2D eigenvalue weighted by molar-refractivity contribution is 0.0734. The maximum atomic E-state index is 11.3. The number of carbonyl (C=O) groups excluding carboxylic acids is 1. The number of nitrogens with zero attached hydrogens (tertiary/aromatic N) is 1. The summed E-state index contributed by atoms with van der Waals surface area (Å²) in [5.74, 6) is 0. The van der Waals surface area contributed by atoms with Gasteiger partial charge in [-0.25, -0.2) is 4.79 Å². The van der Waals surface area contributed by atoms with Crippen LogP contribution in [0.2, 0.25) is 0 Å². The van der Waals surface area contributed by atoms with Gasteiger partial charge in [0.25, 0.3) is 0 Å². The molecule has 1 rings (SSSR count). The molecule has 70 valence electrons. The van der Waals surface area contributed by atoms with Crippen LogP contribution >= 0.6 is 0 Å². The van der Waals surface area contributed by atoms with E-state index < -0.39 is 0 Å². The van der Waals surface area contributed by atoms with Crippen LogP contribution in [0.5, 0.6) is 0 Å². The fourth-order valence-electron chi connectivity index (χ4n) is 1.51. The lowest BCUT2D eigenvalue weighted by Crippen LogP contribution is -2.62. The van der Waals surface area contributed by atoms with Gasteiger partial charge in [0.1, 0.15) is 0 Å². The molecule has 1 saturated heterocycles. The van der Waals surface area contributed by atoms with Crippen molar-refractivity contribution in [2.45, 2.75) is 39.8 Å². The number of carbonyl (C=O) groups is 1. The molecule has 2 amide bonds. The van der Waals surface area contributed by atoms with Crippen molar-refractivity contribution in [2.24, 2.45) is 5.41 Å². The number of hydrogen-bond acceptors (Lipinski definition) is 1. The molecule has 2 atom stereocenters. The molecule has 3 nitrogen and oxygen atoms in total. The molecule has 12 heavy (non-hydrogen) atoms. The molecule has 3 heteroatoms. The molecule has 0 spiro atoms. The highest BCUT2D eigenvalue weighted by molar-refractivity contribution is 5.75. The Morgan fingerprint density at radius 1 is 1.42 bits per heavy atom. The monoisotopic (exact) mass is 170 g/mol. The number of nitrogens with one attached hydrogen (secondary N) is 1. The van der Waals surface area contributed by atoms with Crippen LogP contribution in [0.15, 0.2) is 0 Å². The Hall–Kier alpha value is -0.730. The average Bonchev–Trinajstić information content (AvgIpc) is 1.99. The lowest BCUT2D eigenvalue weighted by Gasteiger charge is -2.47. The molecule has 1 fully saturated rings. The van der Waals surface area contributed by atoms with Gasteiger partial charge in [-0.1, -0.05) is 13.8 Å². The van der Waals surface area contributed by atoms with Gasteiger partial charge in [-0.2, -0.15) is 0 Å². The van der Waals surface area contributed by atoms with E-state index in [4.69, 9.17) is 0 Å². The van der Waals surface area contributed by atoms with Crippen LogP contribution in [-0.2, 0) is 0 Å². The third kappa shape index (κ3) is 1.17. The summed E-state index contributed by atoms with van der Waals surface area (Å²) < 4.78 is 0. The van der Waals surface area contributed by atoms with E-state index in [1.165, 1.54) is 0 Å². The van der Waals surface area contributed by atoms with Crippen LogP contribution in [0, 0.1) is 5.41 Å². The quantitative estimate of drug-likeness (QED) is 0.586. The SMILES string of the molecule is CC1NC(=O)N(C)C(C)C1(C)C. The van der Waals surface area contributed by atoms with E-state index >= 15 is 0 Å². The Bertz CT molecular complexity index is 201. The van der Waals surface area contributed by atoms with Crippen molar-refractivity contribution < 1.29 is 4.79 Å². The fourth-order valence-corrected chi connectivity index (χ4v) is 1.51. The van der Waals surface area contributed by atoms with Gasteiger partial charge in [0.05, 0.1) is 0 Å². The summed E-state index contributed by atoms with van der Waals surface area (Å²) in [5, 5.41) is 2.94. The zero-order valence-electron chi connectivity index (χ0n) is 8.51. The Morgan fingerprint density at radius 3 is 2.42 bits per heavy atom. The van der Waals surface area contributed by atoms with Gasteiger partial charge in [-0.05, 0) is 13.8 Å². The minimum absolute atomic E-state index is 0.0364. The fraction of sp³-hybridized carbons (Fsp3) is 0.889. The van der Waals surface area contributed by atoms with Crippen molar-refractivity contribution in [3.05, 3.63) is 0 Å². The van der Waals surface area contributed by atoms with Crippen molar-refractivity contribution in [1.29, 1.82) is 0 Å². The molecule has 1 aliphatic rings. The van der Waals surface area contributed by atoms with Gasteiger partial charge in [0, 0.05) is 24.5 Å². The topological polar surface area (TPSA) is 32.3 Å². The van der Waals surface area contributed by atoms with Crippen LogP contribution < -0.4 is 5.32 Å². The van der Waals surface area contributed by atoms with Crippen LogP contribution in [0.3, 0.4) is 0 Å². The first-order valence-electron chi connectivity index (χ1n) is 4.40. The predicted octanol–water partition coefficient (Wildman–Crippen LogP) is 1.44. The van der Waals surface area contributed by atoms with E-state index in [1.807, 2.05) is 7.05 Å². The van der Waals surface area contributed by atoms with Crippen LogP contribution in [-0.4, -0.2) is 30.1 Å². The van der Waals surface area contributed by atoms with Crippen molar-refractivity contribution >= 4 is 6.03 Å². The molecule has 0 radical (unpaired) electrons. The zero-order chi connectivity index (χ0) is 9.52. The molecule has 0 bridgehead atoms. The third-order valence-corrected chi connectivity index (χ3v) is 3.43. The van der Waals surface area contributed by atoms with E-state index in [0.29, 0.717) is 6.04 Å². The van der Waals surface area contributed by atoms with Gasteiger partial charge in [-0.3, -0.25) is 0 Å². The first-order chi connectivity index (χ1) is 5.37. The van der Waals surface area contributed by atoms with E-state index in [0.717, 1.165) is 0 Å². The molecule has 2 unspecified atom stereocenters. The summed E-state index contributed by atoms with van der Waals surface area (Å²) in [6.45, 7) is 8.51. The molecule has 0 aromatic carbocycles. The smallest absolute Gasteiger partial charge is 0.317 e. The summed E-state index contributed by atoms with van der Waals surface area (Å²) in [6.07, 6.45) is 0. The molecule has 0 aromatic heterocycles. The standard InChI is InChI=1S/C9H18N2O/c1-6-9(3,4)7(2)11(5)8(12)10-6/h6-7H,1-5H3,(H,10,12). The highest BCUT2D eigenvalue weighted by atomic mass is 16.2. The highest BCUT2D eigenvalue weighted by Gasteiger charge is 2.41. The average molecular weight is 170 g/mol.